The van der Waals surface area contributed by atoms with Gasteiger partial charge in [0.2, 0.25) is 11.0 Å². The van der Waals surface area contributed by atoms with E-state index < -0.39 is 6.04 Å². The molecule has 1 heterocycles. The molecule has 0 aliphatic carbocycles. The van der Waals surface area contributed by atoms with Gasteiger partial charge in [-0.05, 0) is 42.2 Å². The Morgan fingerprint density at radius 3 is 2.26 bits per heavy atom. The molecule has 0 aliphatic heterocycles. The summed E-state index contributed by atoms with van der Waals surface area (Å²) in [5.41, 5.74) is 4.69. The highest BCUT2D eigenvalue weighted by atomic mass is 32.1. The summed E-state index contributed by atoms with van der Waals surface area (Å²) in [5, 5.41) is 15.2. The Morgan fingerprint density at radius 1 is 0.886 bits per heavy atom. The van der Waals surface area contributed by atoms with E-state index in [2.05, 4.69) is 20.8 Å². The Hall–Kier alpha value is -3.84. The Bertz CT molecular complexity index is 1300. The molecular formula is C28H28N4O2S. The van der Waals surface area contributed by atoms with Crippen LogP contribution in [-0.4, -0.2) is 28.1 Å². The number of carbonyl (C=O) groups is 2. The van der Waals surface area contributed by atoms with Gasteiger partial charge in [-0.1, -0.05) is 97.8 Å². The van der Waals surface area contributed by atoms with Crippen molar-refractivity contribution in [2.45, 2.75) is 33.2 Å². The van der Waals surface area contributed by atoms with Gasteiger partial charge in [-0.25, -0.2) is 0 Å². The zero-order chi connectivity index (χ0) is 24.8. The van der Waals surface area contributed by atoms with Crippen molar-refractivity contribution in [2.75, 3.05) is 5.32 Å². The molecule has 4 aromatic rings. The molecule has 2 amide bonds. The van der Waals surface area contributed by atoms with Gasteiger partial charge in [0.25, 0.3) is 5.91 Å². The summed E-state index contributed by atoms with van der Waals surface area (Å²) in [7, 11) is 0. The zero-order valence-corrected chi connectivity index (χ0v) is 20.8. The van der Waals surface area contributed by atoms with Crippen LogP contribution in [0.25, 0.3) is 21.7 Å². The number of anilines is 1. The number of hydrogen-bond donors (Lipinski definition) is 2. The van der Waals surface area contributed by atoms with Gasteiger partial charge in [-0.15, -0.1) is 10.2 Å². The molecule has 6 nitrogen and oxygen atoms in total. The van der Waals surface area contributed by atoms with E-state index in [0.717, 1.165) is 33.7 Å². The quantitative estimate of drug-likeness (QED) is 0.323. The summed E-state index contributed by atoms with van der Waals surface area (Å²) >= 11 is 1.31. The fourth-order valence-electron chi connectivity index (χ4n) is 3.72. The molecular weight excluding hydrogens is 456 g/mol. The molecule has 7 heteroatoms. The van der Waals surface area contributed by atoms with Crippen LogP contribution in [0.5, 0.6) is 0 Å². The van der Waals surface area contributed by atoms with Crippen LogP contribution >= 0.6 is 11.3 Å². The topological polar surface area (TPSA) is 84.0 Å². The third kappa shape index (κ3) is 6.00. The average molecular weight is 485 g/mol. The summed E-state index contributed by atoms with van der Waals surface area (Å²) in [6, 6.07) is 24.6. The lowest BCUT2D eigenvalue weighted by Gasteiger charge is -2.23. The largest absolute Gasteiger partial charge is 0.340 e. The second-order valence-electron chi connectivity index (χ2n) is 8.55. The van der Waals surface area contributed by atoms with E-state index in [1.54, 1.807) is 12.1 Å². The number of aromatic nitrogens is 2. The van der Waals surface area contributed by atoms with Crippen molar-refractivity contribution in [3.63, 3.8) is 0 Å². The second kappa shape index (κ2) is 11.1. The van der Waals surface area contributed by atoms with Gasteiger partial charge < -0.3 is 5.32 Å². The third-order valence-corrected chi connectivity index (χ3v) is 6.84. The standard InChI is InChI=1S/C28H28N4O2S/c1-4-19(3)24(26(34)30-28-32-31-27(35-28)23-12-8-9-18(2)17-23)29-25(33)22-15-13-21(14-16-22)20-10-6-5-7-11-20/h5-17,19,24H,4H2,1-3H3,(H,29,33)(H,30,32,34)/t19-,24+/m0/s1. The summed E-state index contributed by atoms with van der Waals surface area (Å²) < 4.78 is 0. The van der Waals surface area contributed by atoms with E-state index in [0.29, 0.717) is 10.7 Å². The monoisotopic (exact) mass is 484 g/mol. The Morgan fingerprint density at radius 2 is 1.57 bits per heavy atom. The molecule has 0 radical (unpaired) electrons. The second-order valence-corrected chi connectivity index (χ2v) is 9.53. The van der Waals surface area contributed by atoms with Gasteiger partial charge >= 0.3 is 0 Å². The minimum Gasteiger partial charge on any atom is -0.340 e. The molecule has 0 bridgehead atoms. The molecule has 2 atom stereocenters. The molecule has 4 rings (SSSR count). The van der Waals surface area contributed by atoms with Gasteiger partial charge in [-0.3, -0.25) is 14.9 Å². The first-order valence-electron chi connectivity index (χ1n) is 11.6. The number of rotatable bonds is 8. The first-order chi connectivity index (χ1) is 16.9. The van der Waals surface area contributed by atoms with E-state index >= 15 is 0 Å². The highest BCUT2D eigenvalue weighted by molar-refractivity contribution is 7.18. The summed E-state index contributed by atoms with van der Waals surface area (Å²) in [4.78, 5) is 26.1. The molecule has 0 unspecified atom stereocenters. The van der Waals surface area contributed by atoms with E-state index in [9.17, 15) is 9.59 Å². The average Bonchev–Trinajstić information content (AvgIpc) is 3.35. The number of amides is 2. The number of nitrogens with zero attached hydrogens (tertiary/aromatic N) is 2. The summed E-state index contributed by atoms with van der Waals surface area (Å²) in [6.45, 7) is 5.95. The van der Waals surface area contributed by atoms with Crippen LogP contribution in [-0.2, 0) is 4.79 Å². The van der Waals surface area contributed by atoms with E-state index in [1.165, 1.54) is 11.3 Å². The van der Waals surface area contributed by atoms with Crippen molar-refractivity contribution in [2.24, 2.45) is 5.92 Å². The van der Waals surface area contributed by atoms with E-state index in [-0.39, 0.29) is 17.7 Å². The first-order valence-corrected chi connectivity index (χ1v) is 12.4. The lowest BCUT2D eigenvalue weighted by atomic mass is 9.97. The fourth-order valence-corrected chi connectivity index (χ4v) is 4.47. The number of hydrogen-bond acceptors (Lipinski definition) is 5. The normalized spacial score (nSPS) is 12.5. The zero-order valence-electron chi connectivity index (χ0n) is 20.0. The predicted molar refractivity (Wildman–Crippen MR) is 141 cm³/mol. The smallest absolute Gasteiger partial charge is 0.251 e. The van der Waals surface area contributed by atoms with Gasteiger partial charge in [0.1, 0.15) is 11.0 Å². The molecule has 35 heavy (non-hydrogen) atoms. The van der Waals surface area contributed by atoms with Crippen LogP contribution < -0.4 is 10.6 Å². The van der Waals surface area contributed by atoms with E-state index in [1.807, 2.05) is 87.5 Å². The van der Waals surface area contributed by atoms with Crippen LogP contribution in [0.15, 0.2) is 78.9 Å². The maximum absolute atomic E-state index is 13.1. The van der Waals surface area contributed by atoms with Crippen LogP contribution in [0.2, 0.25) is 0 Å². The molecule has 0 saturated heterocycles. The van der Waals surface area contributed by atoms with Crippen molar-refractivity contribution in [1.29, 1.82) is 0 Å². The minimum absolute atomic E-state index is 0.0632. The highest BCUT2D eigenvalue weighted by Gasteiger charge is 2.27. The van der Waals surface area contributed by atoms with Crippen LogP contribution in [0.4, 0.5) is 5.13 Å². The molecule has 3 aromatic carbocycles. The lowest BCUT2D eigenvalue weighted by Crippen LogP contribution is -2.47. The molecule has 1 aromatic heterocycles. The molecule has 0 spiro atoms. The van der Waals surface area contributed by atoms with Gasteiger partial charge in [0.15, 0.2) is 0 Å². The number of carbonyl (C=O) groups excluding carboxylic acids is 2. The van der Waals surface area contributed by atoms with E-state index in [4.69, 9.17) is 0 Å². The molecule has 0 fully saturated rings. The van der Waals surface area contributed by atoms with Crippen molar-refractivity contribution < 1.29 is 9.59 Å². The summed E-state index contributed by atoms with van der Waals surface area (Å²) in [5.74, 6) is -0.657. The Kier molecular flexibility index (Phi) is 7.67. The van der Waals surface area contributed by atoms with Crippen molar-refractivity contribution in [3.8, 4) is 21.7 Å². The van der Waals surface area contributed by atoms with Crippen LogP contribution in [0, 0.1) is 12.8 Å². The van der Waals surface area contributed by atoms with Gasteiger partial charge in [0.05, 0.1) is 0 Å². The van der Waals surface area contributed by atoms with Crippen molar-refractivity contribution in [3.05, 3.63) is 90.0 Å². The van der Waals surface area contributed by atoms with Crippen LogP contribution in [0.1, 0.15) is 36.2 Å². The fraction of sp³-hybridized carbons (Fsp3) is 0.214. The number of nitrogens with one attached hydrogen (secondary N) is 2. The molecule has 0 saturated carbocycles. The van der Waals surface area contributed by atoms with Gasteiger partial charge in [-0.2, -0.15) is 0 Å². The molecule has 2 N–H and O–H groups in total. The maximum atomic E-state index is 13.1. The molecule has 0 aliphatic rings. The third-order valence-electron chi connectivity index (χ3n) is 5.96. The van der Waals surface area contributed by atoms with Crippen LogP contribution in [0.3, 0.4) is 0 Å². The Balaban J connectivity index is 1.45. The SMILES string of the molecule is CC[C@H](C)[C@@H](NC(=O)c1ccc(-c2ccccc2)cc1)C(=O)Nc1nnc(-c2cccc(C)c2)s1. The van der Waals surface area contributed by atoms with Gasteiger partial charge in [0, 0.05) is 11.1 Å². The van der Waals surface area contributed by atoms with Crippen molar-refractivity contribution >= 4 is 28.3 Å². The maximum Gasteiger partial charge on any atom is 0.251 e. The lowest BCUT2D eigenvalue weighted by molar-refractivity contribution is -0.119. The number of benzene rings is 3. The Labute approximate surface area is 209 Å². The first kappa shape index (κ1) is 24.3. The summed E-state index contributed by atoms with van der Waals surface area (Å²) in [6.07, 6.45) is 0.732. The number of aryl methyl sites for hydroxylation is 1. The predicted octanol–water partition coefficient (Wildman–Crippen LogP) is 5.96. The molecule has 178 valence electrons. The highest BCUT2D eigenvalue weighted by Crippen LogP contribution is 2.27. The van der Waals surface area contributed by atoms with Crippen molar-refractivity contribution in [1.82, 2.24) is 15.5 Å². The minimum atomic E-state index is -0.701.